The molecule has 6 aliphatic rings. The van der Waals surface area contributed by atoms with E-state index in [1.165, 1.54) is 44.5 Å². The first-order chi connectivity index (χ1) is 27.6. The number of aliphatic hydroxyl groups is 2. The largest absolute Gasteiger partial charge is 0.388 e. The number of rotatable bonds is 8. The van der Waals surface area contributed by atoms with Crippen LogP contribution in [0, 0.1) is 0 Å². The van der Waals surface area contributed by atoms with Crippen molar-refractivity contribution in [2.24, 2.45) is 0 Å². The second-order valence-corrected chi connectivity index (χ2v) is 16.4. The van der Waals surface area contributed by atoms with Crippen molar-refractivity contribution in [3.63, 3.8) is 0 Å². The number of hydrogen-bond acceptors (Lipinski definition) is 2. The summed E-state index contributed by atoms with van der Waals surface area (Å²) < 4.78 is 0. The predicted octanol–water partition coefficient (Wildman–Crippen LogP) is 12.2. The quantitative estimate of drug-likeness (QED) is 0.164. The lowest BCUT2D eigenvalue weighted by molar-refractivity contribution is 0.146. The summed E-state index contributed by atoms with van der Waals surface area (Å²) in [7, 11) is 0. The molecule has 0 radical (unpaired) electrons. The topological polar surface area (TPSA) is 40.5 Å². The van der Waals surface area contributed by atoms with Gasteiger partial charge in [-0.2, -0.15) is 0 Å². The van der Waals surface area contributed by atoms with E-state index in [1.54, 1.807) is 0 Å². The Bertz CT molecular complexity index is 2500. The van der Waals surface area contributed by atoms with Crippen LogP contribution in [0.1, 0.15) is 105 Å². The molecular formula is C54H44O2. The molecule has 2 atom stereocenters. The van der Waals surface area contributed by atoms with E-state index in [4.69, 9.17) is 0 Å². The highest BCUT2D eigenvalue weighted by Crippen LogP contribution is 2.70. The Morgan fingerprint density at radius 1 is 0.357 bits per heavy atom. The van der Waals surface area contributed by atoms with Crippen molar-refractivity contribution in [1.82, 2.24) is 0 Å². The Morgan fingerprint density at radius 2 is 0.661 bits per heavy atom. The third-order valence-electron chi connectivity index (χ3n) is 14.0. The molecule has 14 rings (SSSR count). The summed E-state index contributed by atoms with van der Waals surface area (Å²) in [6, 6.07) is 66.4. The fourth-order valence-electron chi connectivity index (χ4n) is 11.9. The molecule has 6 aliphatic carbocycles. The highest BCUT2D eigenvalue weighted by molar-refractivity contribution is 5.87. The zero-order valence-corrected chi connectivity index (χ0v) is 31.4. The van der Waals surface area contributed by atoms with Crippen LogP contribution < -0.4 is 0 Å². The standard InChI is InChI=1S/C54H44O2/c55-49(39-25-13-17-35-15-1-3-19-37(35)39)31-33-53-45-27-9-5-21-41(45)52(42-22-6-10-28-46(42)53)54(34-32-50(56)40-26-14-18-36-16-2-4-20-38(36)40)47-29-11-7-23-43(47)51(53)44-24-8-12-30-48(44)54/h1-30,49-52,55-56H,31-34H2. The van der Waals surface area contributed by atoms with Gasteiger partial charge in [-0.05, 0) is 103 Å². The third kappa shape index (κ3) is 4.64. The Hall–Kier alpha value is -5.80. The fraction of sp³-hybridized carbons (Fsp3) is 0.185. The maximum Gasteiger partial charge on any atom is 0.0796 e. The molecule has 0 saturated carbocycles. The zero-order valence-electron chi connectivity index (χ0n) is 31.4. The van der Waals surface area contributed by atoms with Crippen LogP contribution in [0.4, 0.5) is 0 Å². The van der Waals surface area contributed by atoms with Gasteiger partial charge in [0.15, 0.2) is 0 Å². The minimum atomic E-state index is -0.623. The van der Waals surface area contributed by atoms with Gasteiger partial charge in [-0.3, -0.25) is 0 Å². The van der Waals surface area contributed by atoms with Crippen molar-refractivity contribution < 1.29 is 10.2 Å². The second-order valence-electron chi connectivity index (χ2n) is 16.4. The molecule has 2 unspecified atom stereocenters. The molecule has 56 heavy (non-hydrogen) atoms. The van der Waals surface area contributed by atoms with Gasteiger partial charge in [0.05, 0.1) is 12.2 Å². The van der Waals surface area contributed by atoms with Crippen molar-refractivity contribution in [3.8, 4) is 0 Å². The number of aliphatic hydroxyl groups excluding tert-OH is 2. The van der Waals surface area contributed by atoms with Crippen LogP contribution in [0.15, 0.2) is 182 Å². The second kappa shape index (κ2) is 12.9. The molecule has 272 valence electrons. The highest BCUT2D eigenvalue weighted by Gasteiger charge is 2.62. The smallest absolute Gasteiger partial charge is 0.0796 e. The molecule has 0 spiro atoms. The van der Waals surface area contributed by atoms with Crippen LogP contribution in [0.3, 0.4) is 0 Å². The molecule has 4 bridgehead atoms. The number of fused-ring (bicyclic) bond motifs is 2. The average Bonchev–Trinajstić information content (AvgIpc) is 3.25. The molecule has 0 saturated heterocycles. The van der Waals surface area contributed by atoms with Crippen molar-refractivity contribution in [3.05, 3.63) is 238 Å². The summed E-state index contributed by atoms with van der Waals surface area (Å²) in [4.78, 5) is 0. The van der Waals surface area contributed by atoms with Gasteiger partial charge < -0.3 is 10.2 Å². The van der Waals surface area contributed by atoms with E-state index in [1.807, 2.05) is 0 Å². The van der Waals surface area contributed by atoms with Gasteiger partial charge in [0.25, 0.3) is 0 Å². The van der Waals surface area contributed by atoms with E-state index in [0.29, 0.717) is 12.8 Å². The molecule has 0 heterocycles. The van der Waals surface area contributed by atoms with E-state index in [0.717, 1.165) is 45.5 Å². The molecular weight excluding hydrogens is 681 g/mol. The first kappa shape index (κ1) is 33.5. The van der Waals surface area contributed by atoms with E-state index < -0.39 is 23.0 Å². The monoisotopic (exact) mass is 724 g/mol. The first-order valence-electron chi connectivity index (χ1n) is 20.3. The lowest BCUT2D eigenvalue weighted by Gasteiger charge is -2.61. The van der Waals surface area contributed by atoms with E-state index in [-0.39, 0.29) is 11.8 Å². The molecule has 8 aromatic rings. The summed E-state index contributed by atoms with van der Waals surface area (Å²) in [5, 5.41) is 29.0. The Kier molecular flexibility index (Phi) is 7.71. The van der Waals surface area contributed by atoms with Gasteiger partial charge in [-0.1, -0.05) is 182 Å². The lowest BCUT2D eigenvalue weighted by Crippen LogP contribution is -2.53. The van der Waals surface area contributed by atoms with Crippen LogP contribution in [0.5, 0.6) is 0 Å². The molecule has 8 aromatic carbocycles. The van der Waals surface area contributed by atoms with Gasteiger partial charge in [-0.25, -0.2) is 0 Å². The third-order valence-corrected chi connectivity index (χ3v) is 14.0. The Labute approximate surface area is 328 Å². The summed E-state index contributed by atoms with van der Waals surface area (Å²) >= 11 is 0. The number of hydrogen-bond donors (Lipinski definition) is 2. The zero-order chi connectivity index (χ0) is 37.4. The van der Waals surface area contributed by atoms with Crippen LogP contribution in [-0.2, 0) is 10.8 Å². The van der Waals surface area contributed by atoms with Crippen LogP contribution in [0.25, 0.3) is 21.5 Å². The van der Waals surface area contributed by atoms with Gasteiger partial charge in [0.1, 0.15) is 0 Å². The van der Waals surface area contributed by atoms with Crippen molar-refractivity contribution >= 4 is 21.5 Å². The van der Waals surface area contributed by atoms with Gasteiger partial charge in [0.2, 0.25) is 0 Å². The minimum absolute atomic E-state index is 0.0225. The SMILES string of the molecule is OC(CCC12c3ccccc3C(c3ccccc31)C1(CCC(O)c3cccc4ccccc34)c3ccccc3C2c2ccccc21)c1cccc2ccccc12. The van der Waals surface area contributed by atoms with Crippen molar-refractivity contribution in [1.29, 1.82) is 0 Å². The summed E-state index contributed by atoms with van der Waals surface area (Å²) in [6.07, 6.45) is 1.54. The molecule has 0 amide bonds. The maximum absolute atomic E-state index is 12.3. The summed E-state index contributed by atoms with van der Waals surface area (Å²) in [5.74, 6) is 0.0450. The van der Waals surface area contributed by atoms with Gasteiger partial charge >= 0.3 is 0 Å². The lowest BCUT2D eigenvalue weighted by atomic mass is 9.41. The molecule has 2 heteroatoms. The fourth-order valence-corrected chi connectivity index (χ4v) is 11.9. The van der Waals surface area contributed by atoms with Gasteiger partial charge in [0, 0.05) is 22.7 Å². The molecule has 2 N–H and O–H groups in total. The van der Waals surface area contributed by atoms with Crippen molar-refractivity contribution in [2.75, 3.05) is 0 Å². The van der Waals surface area contributed by atoms with E-state index >= 15 is 0 Å². The highest BCUT2D eigenvalue weighted by atomic mass is 16.3. The van der Waals surface area contributed by atoms with Crippen LogP contribution in [0.2, 0.25) is 0 Å². The van der Waals surface area contributed by atoms with E-state index in [9.17, 15) is 10.2 Å². The Morgan fingerprint density at radius 3 is 1.04 bits per heavy atom. The summed E-state index contributed by atoms with van der Waals surface area (Å²) in [6.45, 7) is 0. The first-order valence-corrected chi connectivity index (χ1v) is 20.3. The maximum atomic E-state index is 12.3. The predicted molar refractivity (Wildman–Crippen MR) is 227 cm³/mol. The Balaban J connectivity index is 1.13. The molecule has 0 fully saturated rings. The molecule has 0 aliphatic heterocycles. The average molecular weight is 725 g/mol. The van der Waals surface area contributed by atoms with Gasteiger partial charge in [-0.15, -0.1) is 0 Å². The normalized spacial score (nSPS) is 22.4. The van der Waals surface area contributed by atoms with Crippen LogP contribution >= 0.6 is 0 Å². The van der Waals surface area contributed by atoms with E-state index in [2.05, 4.69) is 182 Å². The number of benzene rings is 8. The van der Waals surface area contributed by atoms with Crippen LogP contribution in [-0.4, -0.2) is 10.2 Å². The molecule has 0 aromatic heterocycles. The minimum Gasteiger partial charge on any atom is -0.388 e. The summed E-state index contributed by atoms with van der Waals surface area (Å²) in [5.41, 5.74) is 12.1. The van der Waals surface area contributed by atoms with Crippen molar-refractivity contribution in [2.45, 2.75) is 60.6 Å². The molecule has 2 nitrogen and oxygen atoms in total.